The number of aryl methyl sites for hydroxylation is 1. The molecule has 6 heteroatoms. The fourth-order valence-corrected chi connectivity index (χ4v) is 3.10. The number of hydrogen-bond acceptors (Lipinski definition) is 3. The molecule has 2 aromatic rings. The summed E-state index contributed by atoms with van der Waals surface area (Å²) in [4.78, 5) is 14.3. The largest absolute Gasteiger partial charge is 0.310 e. The molecule has 3 rings (SSSR count). The zero-order valence-electron chi connectivity index (χ0n) is 11.2. The summed E-state index contributed by atoms with van der Waals surface area (Å²) in [5, 5.41) is 7.99. The first-order valence-corrected chi connectivity index (χ1v) is 7.45. The van der Waals surface area contributed by atoms with Crippen molar-refractivity contribution < 1.29 is 4.79 Å². The Bertz CT molecular complexity index is 652. The van der Waals surface area contributed by atoms with E-state index in [0.29, 0.717) is 6.42 Å². The molecule has 0 atom stereocenters. The lowest BCUT2D eigenvalue weighted by atomic mass is 10.2. The van der Waals surface area contributed by atoms with Crippen LogP contribution in [-0.2, 0) is 24.2 Å². The van der Waals surface area contributed by atoms with E-state index in [-0.39, 0.29) is 5.91 Å². The molecule has 2 heterocycles. The van der Waals surface area contributed by atoms with Crippen molar-refractivity contribution in [3.05, 3.63) is 40.1 Å². The molecule has 0 saturated heterocycles. The number of benzene rings is 1. The molecule has 0 unspecified atom stereocenters. The van der Waals surface area contributed by atoms with Crippen molar-refractivity contribution in [2.75, 3.05) is 11.4 Å². The maximum Gasteiger partial charge on any atom is 0.233 e. The Labute approximate surface area is 125 Å². The van der Waals surface area contributed by atoms with Crippen LogP contribution >= 0.6 is 15.9 Å². The van der Waals surface area contributed by atoms with Gasteiger partial charge in [-0.1, -0.05) is 17.3 Å². The highest BCUT2D eigenvalue weighted by atomic mass is 79.9. The van der Waals surface area contributed by atoms with Gasteiger partial charge in [0, 0.05) is 23.8 Å². The van der Waals surface area contributed by atoms with E-state index >= 15 is 0 Å². The standard InChI is InChI=1S/C14H15BrN4O/c1-2-18-9-11(16-17-18)8-13(20)19-7-6-10-4-3-5-12(15)14(10)19/h3-5,9H,2,6-8H2,1H3. The van der Waals surface area contributed by atoms with Gasteiger partial charge in [0.15, 0.2) is 0 Å². The van der Waals surface area contributed by atoms with E-state index in [0.717, 1.165) is 35.4 Å². The first-order chi connectivity index (χ1) is 9.69. The zero-order chi connectivity index (χ0) is 14.1. The molecule has 1 aromatic heterocycles. The fraction of sp³-hybridized carbons (Fsp3) is 0.357. The summed E-state index contributed by atoms with van der Waals surface area (Å²) in [6, 6.07) is 6.04. The van der Waals surface area contributed by atoms with Gasteiger partial charge in [0.1, 0.15) is 0 Å². The highest BCUT2D eigenvalue weighted by molar-refractivity contribution is 9.10. The van der Waals surface area contributed by atoms with E-state index in [1.54, 1.807) is 4.68 Å². The van der Waals surface area contributed by atoms with Crippen LogP contribution in [0, 0.1) is 0 Å². The van der Waals surface area contributed by atoms with Crippen LogP contribution in [0.3, 0.4) is 0 Å². The van der Waals surface area contributed by atoms with Gasteiger partial charge in [0.2, 0.25) is 5.91 Å². The maximum atomic E-state index is 12.5. The fourth-order valence-electron chi connectivity index (χ4n) is 2.48. The third-order valence-corrected chi connectivity index (χ3v) is 4.13. The average Bonchev–Trinajstić information content (AvgIpc) is 3.05. The number of nitrogens with zero attached hydrogens (tertiary/aromatic N) is 4. The van der Waals surface area contributed by atoms with Crippen molar-refractivity contribution in [2.24, 2.45) is 0 Å². The number of halogens is 1. The van der Waals surface area contributed by atoms with Gasteiger partial charge in [-0.25, -0.2) is 0 Å². The number of anilines is 1. The molecule has 104 valence electrons. The maximum absolute atomic E-state index is 12.5. The second-order valence-corrected chi connectivity index (χ2v) is 5.64. The predicted octanol–water partition coefficient (Wildman–Crippen LogP) is 2.19. The minimum absolute atomic E-state index is 0.0683. The monoisotopic (exact) mass is 334 g/mol. The van der Waals surface area contributed by atoms with Crippen molar-refractivity contribution >= 4 is 27.5 Å². The number of aromatic nitrogens is 3. The van der Waals surface area contributed by atoms with Crippen LogP contribution < -0.4 is 4.90 Å². The van der Waals surface area contributed by atoms with E-state index in [4.69, 9.17) is 0 Å². The molecule has 0 spiro atoms. The van der Waals surface area contributed by atoms with E-state index < -0.39 is 0 Å². The molecule has 20 heavy (non-hydrogen) atoms. The molecule has 0 aliphatic carbocycles. The molecular weight excluding hydrogens is 320 g/mol. The Kier molecular flexibility index (Phi) is 3.56. The summed E-state index contributed by atoms with van der Waals surface area (Å²) in [7, 11) is 0. The number of carbonyl (C=O) groups excluding carboxylic acids is 1. The van der Waals surface area contributed by atoms with Gasteiger partial charge >= 0.3 is 0 Å². The summed E-state index contributed by atoms with van der Waals surface area (Å²) in [6.45, 7) is 3.49. The molecule has 1 aromatic carbocycles. The van der Waals surface area contributed by atoms with E-state index in [1.165, 1.54) is 5.56 Å². The number of rotatable bonds is 3. The smallest absolute Gasteiger partial charge is 0.233 e. The van der Waals surface area contributed by atoms with Crippen LogP contribution in [0.5, 0.6) is 0 Å². The van der Waals surface area contributed by atoms with E-state index in [9.17, 15) is 4.79 Å². The van der Waals surface area contributed by atoms with Crippen LogP contribution in [-0.4, -0.2) is 27.4 Å². The van der Waals surface area contributed by atoms with Crippen LogP contribution in [0.25, 0.3) is 0 Å². The lowest BCUT2D eigenvalue weighted by molar-refractivity contribution is -0.117. The molecule has 0 N–H and O–H groups in total. The lowest BCUT2D eigenvalue weighted by Crippen LogP contribution is -2.30. The van der Waals surface area contributed by atoms with Crippen molar-refractivity contribution in [3.63, 3.8) is 0 Å². The summed E-state index contributed by atoms with van der Waals surface area (Å²) in [5.41, 5.74) is 2.93. The van der Waals surface area contributed by atoms with Crippen molar-refractivity contribution in [1.82, 2.24) is 15.0 Å². The van der Waals surface area contributed by atoms with Crippen LogP contribution in [0.2, 0.25) is 0 Å². The third kappa shape index (κ3) is 2.35. The normalized spacial score (nSPS) is 13.6. The lowest BCUT2D eigenvalue weighted by Gasteiger charge is -2.18. The van der Waals surface area contributed by atoms with Gasteiger partial charge in [0.25, 0.3) is 0 Å². The van der Waals surface area contributed by atoms with Crippen molar-refractivity contribution in [2.45, 2.75) is 26.3 Å². The zero-order valence-corrected chi connectivity index (χ0v) is 12.8. The number of carbonyl (C=O) groups is 1. The van der Waals surface area contributed by atoms with Gasteiger partial charge in [-0.05, 0) is 40.9 Å². The minimum Gasteiger partial charge on any atom is -0.310 e. The molecule has 5 nitrogen and oxygen atoms in total. The molecule has 0 bridgehead atoms. The van der Waals surface area contributed by atoms with E-state index in [2.05, 4.69) is 32.3 Å². The number of para-hydroxylation sites is 1. The average molecular weight is 335 g/mol. The summed E-state index contributed by atoms with van der Waals surface area (Å²) in [6.07, 6.45) is 3.03. The second kappa shape index (κ2) is 5.36. The Morgan fingerprint density at radius 2 is 2.30 bits per heavy atom. The van der Waals surface area contributed by atoms with Gasteiger partial charge in [0.05, 0.1) is 17.8 Å². The topological polar surface area (TPSA) is 51.0 Å². The van der Waals surface area contributed by atoms with E-state index in [1.807, 2.05) is 30.2 Å². The SMILES string of the molecule is CCn1cc(CC(=O)N2CCc3cccc(Br)c32)nn1. The van der Waals surface area contributed by atoms with Crippen molar-refractivity contribution in [1.29, 1.82) is 0 Å². The highest BCUT2D eigenvalue weighted by Gasteiger charge is 2.27. The molecule has 1 amide bonds. The number of fused-ring (bicyclic) bond motifs is 1. The summed E-state index contributed by atoms with van der Waals surface area (Å²) in [5.74, 6) is 0.0683. The Morgan fingerprint density at radius 1 is 1.45 bits per heavy atom. The van der Waals surface area contributed by atoms with Gasteiger partial charge in [-0.3, -0.25) is 9.48 Å². The third-order valence-electron chi connectivity index (χ3n) is 3.49. The summed E-state index contributed by atoms with van der Waals surface area (Å²) < 4.78 is 2.70. The molecule has 0 fully saturated rings. The molecule has 0 radical (unpaired) electrons. The number of hydrogen-bond donors (Lipinski definition) is 0. The number of amides is 1. The Hall–Kier alpha value is -1.69. The van der Waals surface area contributed by atoms with Gasteiger partial charge < -0.3 is 4.90 Å². The quantitative estimate of drug-likeness (QED) is 0.864. The van der Waals surface area contributed by atoms with Gasteiger partial charge in [-0.2, -0.15) is 0 Å². The molecule has 1 aliphatic rings. The molecular formula is C14H15BrN4O. The summed E-state index contributed by atoms with van der Waals surface area (Å²) >= 11 is 3.53. The van der Waals surface area contributed by atoms with Crippen molar-refractivity contribution in [3.8, 4) is 0 Å². The molecule has 0 saturated carbocycles. The van der Waals surface area contributed by atoms with Crippen LogP contribution in [0.1, 0.15) is 18.2 Å². The van der Waals surface area contributed by atoms with Crippen LogP contribution in [0.15, 0.2) is 28.9 Å². The van der Waals surface area contributed by atoms with Crippen LogP contribution in [0.4, 0.5) is 5.69 Å². The Balaban J connectivity index is 1.80. The first-order valence-electron chi connectivity index (χ1n) is 6.66. The second-order valence-electron chi connectivity index (χ2n) is 4.79. The predicted molar refractivity (Wildman–Crippen MR) is 79.6 cm³/mol. The minimum atomic E-state index is 0.0683. The first kappa shape index (κ1) is 13.3. The van der Waals surface area contributed by atoms with Gasteiger partial charge in [-0.15, -0.1) is 5.10 Å². The highest BCUT2D eigenvalue weighted by Crippen LogP contribution is 2.35. The Morgan fingerprint density at radius 3 is 3.05 bits per heavy atom. The molecule has 1 aliphatic heterocycles.